The van der Waals surface area contributed by atoms with Gasteiger partial charge in [0.2, 0.25) is 0 Å². The minimum Gasteiger partial charge on any atom is -0.305 e. The van der Waals surface area contributed by atoms with Gasteiger partial charge in [0.05, 0.1) is 6.04 Å². The predicted octanol–water partition coefficient (Wildman–Crippen LogP) is 3.78. The molecule has 1 N–H and O–H groups in total. The number of nitrogens with one attached hydrogen (secondary N) is 1. The second-order valence-corrected chi connectivity index (χ2v) is 3.84. The minimum atomic E-state index is -2.62. The maximum Gasteiger partial charge on any atom is 0.257 e. The van der Waals surface area contributed by atoms with Crippen molar-refractivity contribution in [3.63, 3.8) is 0 Å². The molecule has 0 saturated heterocycles. The van der Waals surface area contributed by atoms with Gasteiger partial charge >= 0.3 is 0 Å². The quantitative estimate of drug-likeness (QED) is 0.840. The second-order valence-electron chi connectivity index (χ2n) is 3.43. The van der Waals surface area contributed by atoms with Crippen LogP contribution in [0.2, 0.25) is 5.02 Å². The number of hydrogen-bond donors (Lipinski definition) is 1. The fourth-order valence-corrected chi connectivity index (χ4v) is 1.62. The summed E-state index contributed by atoms with van der Waals surface area (Å²) in [6.07, 6.45) is -1.90. The Morgan fingerprint density at radius 1 is 1.38 bits per heavy atom. The molecule has 0 radical (unpaired) electrons. The Morgan fingerprint density at radius 2 is 2.06 bits per heavy atom. The van der Waals surface area contributed by atoms with Gasteiger partial charge in [-0.2, -0.15) is 0 Å². The normalized spacial score (nSPS) is 13.1. The molecule has 90 valence electrons. The summed E-state index contributed by atoms with van der Waals surface area (Å²) in [5.41, 5.74) is 0.102. The van der Waals surface area contributed by atoms with Crippen molar-refractivity contribution in [1.82, 2.24) is 5.32 Å². The van der Waals surface area contributed by atoms with Crippen LogP contribution in [0.25, 0.3) is 0 Å². The third kappa shape index (κ3) is 3.39. The molecule has 0 saturated carbocycles. The molecule has 1 aromatic carbocycles. The molecule has 0 amide bonds. The van der Waals surface area contributed by atoms with Crippen LogP contribution in [0.1, 0.15) is 24.9 Å². The van der Waals surface area contributed by atoms with Crippen molar-refractivity contribution < 1.29 is 13.2 Å². The highest BCUT2D eigenvalue weighted by molar-refractivity contribution is 6.31. The Bertz CT molecular complexity index is 344. The summed E-state index contributed by atoms with van der Waals surface area (Å²) in [7, 11) is 0. The van der Waals surface area contributed by atoms with Crippen LogP contribution < -0.4 is 5.32 Å². The first-order valence-electron chi connectivity index (χ1n) is 5.02. The molecule has 1 atom stereocenters. The summed E-state index contributed by atoms with van der Waals surface area (Å²) in [6.45, 7) is 2.30. The molecule has 1 unspecified atom stereocenters. The van der Waals surface area contributed by atoms with E-state index in [-0.39, 0.29) is 10.6 Å². The fraction of sp³-hybridized carbons (Fsp3) is 0.455. The molecule has 16 heavy (non-hydrogen) atoms. The van der Waals surface area contributed by atoms with Gasteiger partial charge in [0.15, 0.2) is 0 Å². The van der Waals surface area contributed by atoms with Crippen molar-refractivity contribution in [2.45, 2.75) is 25.8 Å². The molecule has 1 rings (SSSR count). The predicted molar refractivity (Wildman–Crippen MR) is 58.4 cm³/mol. The van der Waals surface area contributed by atoms with Gasteiger partial charge in [-0.3, -0.25) is 0 Å². The molecular weight excluding hydrogens is 239 g/mol. The Kier molecular flexibility index (Phi) is 5.09. The van der Waals surface area contributed by atoms with Crippen molar-refractivity contribution in [2.75, 3.05) is 6.54 Å². The highest BCUT2D eigenvalue weighted by Crippen LogP contribution is 2.28. The highest BCUT2D eigenvalue weighted by Gasteiger charge is 2.24. The zero-order valence-corrected chi connectivity index (χ0v) is 9.57. The lowest BCUT2D eigenvalue weighted by molar-refractivity contribution is 0.0984. The Labute approximate surface area is 97.6 Å². The fourth-order valence-electron chi connectivity index (χ4n) is 1.39. The van der Waals surface area contributed by atoms with Crippen molar-refractivity contribution in [2.24, 2.45) is 0 Å². The molecule has 0 bridgehead atoms. The van der Waals surface area contributed by atoms with Gasteiger partial charge in [-0.25, -0.2) is 13.2 Å². The van der Waals surface area contributed by atoms with E-state index >= 15 is 0 Å². The molecular formula is C11H13ClF3N. The standard InChI is InChI=1S/C11H13ClF3N/c1-2-5-16-10(11(14)15)8-6-7(13)3-4-9(8)12/h3-4,6,10-11,16H,2,5H2,1H3. The topological polar surface area (TPSA) is 12.0 Å². The molecule has 0 spiro atoms. The molecule has 0 fully saturated rings. The maximum atomic E-state index is 13.0. The molecule has 0 aliphatic heterocycles. The summed E-state index contributed by atoms with van der Waals surface area (Å²) in [6, 6.07) is 2.26. The van der Waals surface area contributed by atoms with Crippen LogP contribution >= 0.6 is 11.6 Å². The first kappa shape index (κ1) is 13.3. The van der Waals surface area contributed by atoms with Gasteiger partial charge in [0.1, 0.15) is 5.82 Å². The van der Waals surface area contributed by atoms with Crippen LogP contribution in [0.15, 0.2) is 18.2 Å². The van der Waals surface area contributed by atoms with E-state index in [0.29, 0.717) is 6.54 Å². The summed E-state index contributed by atoms with van der Waals surface area (Å²) in [4.78, 5) is 0. The van der Waals surface area contributed by atoms with E-state index in [4.69, 9.17) is 11.6 Å². The average molecular weight is 252 g/mol. The Balaban J connectivity index is 2.95. The molecule has 1 aromatic rings. The molecule has 0 heterocycles. The Hall–Kier alpha value is -0.740. The number of alkyl halides is 2. The van der Waals surface area contributed by atoms with E-state index in [1.54, 1.807) is 0 Å². The number of halogens is 4. The van der Waals surface area contributed by atoms with E-state index in [9.17, 15) is 13.2 Å². The van der Waals surface area contributed by atoms with Crippen molar-refractivity contribution in [1.29, 1.82) is 0 Å². The van der Waals surface area contributed by atoms with Gasteiger partial charge in [0, 0.05) is 5.02 Å². The molecule has 1 nitrogen and oxygen atoms in total. The van der Waals surface area contributed by atoms with Gasteiger partial charge in [-0.05, 0) is 36.7 Å². The van der Waals surface area contributed by atoms with Crippen LogP contribution in [-0.4, -0.2) is 13.0 Å². The zero-order chi connectivity index (χ0) is 12.1. The van der Waals surface area contributed by atoms with E-state index in [1.807, 2.05) is 6.92 Å². The third-order valence-electron chi connectivity index (χ3n) is 2.16. The first-order valence-corrected chi connectivity index (χ1v) is 5.40. The lowest BCUT2D eigenvalue weighted by Crippen LogP contribution is -2.28. The van der Waals surface area contributed by atoms with Crippen LogP contribution in [0.3, 0.4) is 0 Å². The van der Waals surface area contributed by atoms with Crippen molar-refractivity contribution in [3.05, 3.63) is 34.6 Å². The van der Waals surface area contributed by atoms with Gasteiger partial charge < -0.3 is 5.32 Å². The van der Waals surface area contributed by atoms with Crippen LogP contribution in [-0.2, 0) is 0 Å². The van der Waals surface area contributed by atoms with Gasteiger partial charge in [-0.15, -0.1) is 0 Å². The van der Waals surface area contributed by atoms with Gasteiger partial charge in [0.25, 0.3) is 6.43 Å². The van der Waals surface area contributed by atoms with Crippen LogP contribution in [0.4, 0.5) is 13.2 Å². The van der Waals surface area contributed by atoms with Crippen molar-refractivity contribution >= 4 is 11.6 Å². The van der Waals surface area contributed by atoms with Crippen LogP contribution in [0, 0.1) is 5.82 Å². The average Bonchev–Trinajstić information content (AvgIpc) is 2.23. The summed E-state index contributed by atoms with van der Waals surface area (Å²) in [5.74, 6) is -0.566. The third-order valence-corrected chi connectivity index (χ3v) is 2.50. The van der Waals surface area contributed by atoms with Gasteiger partial charge in [-0.1, -0.05) is 18.5 Å². The molecule has 0 aliphatic rings. The Morgan fingerprint density at radius 3 is 2.62 bits per heavy atom. The van der Waals surface area contributed by atoms with Crippen molar-refractivity contribution in [3.8, 4) is 0 Å². The molecule has 5 heteroatoms. The minimum absolute atomic E-state index is 0.102. The smallest absolute Gasteiger partial charge is 0.257 e. The SMILES string of the molecule is CCCNC(c1cc(F)ccc1Cl)C(F)F. The van der Waals surface area contributed by atoms with E-state index in [1.165, 1.54) is 6.07 Å². The summed E-state index contributed by atoms with van der Waals surface area (Å²) in [5, 5.41) is 2.80. The second kappa shape index (κ2) is 6.11. The zero-order valence-electron chi connectivity index (χ0n) is 8.81. The van der Waals surface area contributed by atoms with Crippen LogP contribution in [0.5, 0.6) is 0 Å². The number of hydrogen-bond acceptors (Lipinski definition) is 1. The van der Waals surface area contributed by atoms with E-state index < -0.39 is 18.3 Å². The molecule has 0 aromatic heterocycles. The maximum absolute atomic E-state index is 13.0. The summed E-state index contributed by atoms with van der Waals surface area (Å²) >= 11 is 5.77. The van der Waals surface area contributed by atoms with E-state index in [0.717, 1.165) is 18.6 Å². The largest absolute Gasteiger partial charge is 0.305 e. The lowest BCUT2D eigenvalue weighted by Gasteiger charge is -2.19. The summed E-state index contributed by atoms with van der Waals surface area (Å²) < 4.78 is 38.5. The first-order chi connectivity index (χ1) is 7.56. The van der Waals surface area contributed by atoms with E-state index in [2.05, 4.69) is 5.32 Å². The highest BCUT2D eigenvalue weighted by atomic mass is 35.5. The molecule has 0 aliphatic carbocycles. The lowest BCUT2D eigenvalue weighted by atomic mass is 10.1. The number of rotatable bonds is 5. The monoisotopic (exact) mass is 251 g/mol. The number of benzene rings is 1.